The fraction of sp³-hybridized carbons (Fsp3) is 0.333. The van der Waals surface area contributed by atoms with Crippen LogP contribution < -0.4 is 15.5 Å². The molecule has 3 rings (SSSR count). The Morgan fingerprint density at radius 1 is 1.19 bits per heavy atom. The van der Waals surface area contributed by atoms with Crippen LogP contribution in [0.2, 0.25) is 0 Å². The molecule has 142 valence electrons. The van der Waals surface area contributed by atoms with Gasteiger partial charge in [0.15, 0.2) is 0 Å². The third-order valence-electron chi connectivity index (χ3n) is 4.68. The third-order valence-corrected chi connectivity index (χ3v) is 4.68. The van der Waals surface area contributed by atoms with E-state index in [0.29, 0.717) is 12.2 Å². The molecule has 1 aliphatic heterocycles. The van der Waals surface area contributed by atoms with E-state index in [9.17, 15) is 14.0 Å². The van der Waals surface area contributed by atoms with Gasteiger partial charge in [0.25, 0.3) is 0 Å². The molecule has 2 atom stereocenters. The standard InChI is InChI=1S/C21H24FN3O2/c1-15(7-8-16-5-3-2-4-6-16)23-21(27)24-18-13-20(26)25(14-18)19-11-9-17(22)10-12-19/h2-6,9-12,15,18H,7-8,13-14H2,1H3,(H2,23,24,27)/t15-,18+/m1/s1. The SMILES string of the molecule is C[C@H](CCc1ccccc1)NC(=O)N[C@H]1CC(=O)N(c2ccc(F)cc2)C1. The molecular formula is C21H24FN3O2. The first-order valence-electron chi connectivity index (χ1n) is 9.18. The molecule has 6 heteroatoms. The van der Waals surface area contributed by atoms with Crippen molar-refractivity contribution in [3.8, 4) is 0 Å². The highest BCUT2D eigenvalue weighted by atomic mass is 19.1. The van der Waals surface area contributed by atoms with Crippen molar-refractivity contribution in [3.63, 3.8) is 0 Å². The molecule has 27 heavy (non-hydrogen) atoms. The molecule has 2 aromatic carbocycles. The highest BCUT2D eigenvalue weighted by Crippen LogP contribution is 2.21. The first kappa shape index (κ1) is 18.9. The van der Waals surface area contributed by atoms with Crippen LogP contribution in [0.1, 0.15) is 25.3 Å². The summed E-state index contributed by atoms with van der Waals surface area (Å²) >= 11 is 0. The van der Waals surface area contributed by atoms with Crippen molar-refractivity contribution < 1.29 is 14.0 Å². The summed E-state index contributed by atoms with van der Waals surface area (Å²) in [7, 11) is 0. The summed E-state index contributed by atoms with van der Waals surface area (Å²) in [6.45, 7) is 2.35. The van der Waals surface area contributed by atoms with Crippen molar-refractivity contribution in [1.82, 2.24) is 10.6 Å². The molecule has 0 bridgehead atoms. The van der Waals surface area contributed by atoms with Gasteiger partial charge in [-0.3, -0.25) is 4.79 Å². The molecule has 2 N–H and O–H groups in total. The Morgan fingerprint density at radius 2 is 1.89 bits per heavy atom. The predicted molar refractivity (Wildman–Crippen MR) is 103 cm³/mol. The van der Waals surface area contributed by atoms with Gasteiger partial charge >= 0.3 is 6.03 Å². The summed E-state index contributed by atoms with van der Waals surface area (Å²) in [6.07, 6.45) is 1.97. The Labute approximate surface area is 158 Å². The summed E-state index contributed by atoms with van der Waals surface area (Å²) in [5.74, 6) is -0.423. The predicted octanol–water partition coefficient (Wildman–Crippen LogP) is 3.25. The number of aryl methyl sites for hydroxylation is 1. The normalized spacial score (nSPS) is 17.6. The summed E-state index contributed by atoms with van der Waals surface area (Å²) < 4.78 is 13.0. The van der Waals surface area contributed by atoms with Gasteiger partial charge in [-0.05, 0) is 49.6 Å². The van der Waals surface area contributed by atoms with Crippen LogP contribution in [0.15, 0.2) is 54.6 Å². The van der Waals surface area contributed by atoms with E-state index in [0.717, 1.165) is 12.8 Å². The van der Waals surface area contributed by atoms with E-state index in [-0.39, 0.29) is 36.3 Å². The van der Waals surface area contributed by atoms with Crippen molar-refractivity contribution in [2.45, 2.75) is 38.3 Å². The third kappa shape index (κ3) is 5.29. The summed E-state index contributed by atoms with van der Waals surface area (Å²) in [6, 6.07) is 15.4. The second kappa shape index (κ2) is 8.66. The summed E-state index contributed by atoms with van der Waals surface area (Å²) in [5, 5.41) is 5.79. The van der Waals surface area contributed by atoms with Crippen LogP contribution in [0, 0.1) is 5.82 Å². The first-order chi connectivity index (χ1) is 13.0. The summed E-state index contributed by atoms with van der Waals surface area (Å²) in [4.78, 5) is 26.0. The lowest BCUT2D eigenvalue weighted by molar-refractivity contribution is -0.117. The number of hydrogen-bond acceptors (Lipinski definition) is 2. The number of benzene rings is 2. The van der Waals surface area contributed by atoms with Gasteiger partial charge in [0, 0.05) is 24.7 Å². The molecule has 1 fully saturated rings. The topological polar surface area (TPSA) is 61.4 Å². The number of amides is 3. The number of halogens is 1. The quantitative estimate of drug-likeness (QED) is 0.821. The zero-order valence-corrected chi connectivity index (χ0v) is 15.3. The monoisotopic (exact) mass is 369 g/mol. The molecular weight excluding hydrogens is 345 g/mol. The maximum atomic E-state index is 13.0. The van der Waals surface area contributed by atoms with Crippen LogP contribution in [0.4, 0.5) is 14.9 Å². The van der Waals surface area contributed by atoms with Gasteiger partial charge in [-0.2, -0.15) is 0 Å². The van der Waals surface area contributed by atoms with Crippen molar-refractivity contribution in [3.05, 3.63) is 66.0 Å². The maximum Gasteiger partial charge on any atom is 0.315 e. The molecule has 0 aliphatic carbocycles. The number of hydrogen-bond donors (Lipinski definition) is 2. The number of nitrogens with one attached hydrogen (secondary N) is 2. The van der Waals surface area contributed by atoms with E-state index >= 15 is 0 Å². The molecule has 1 saturated heterocycles. The molecule has 5 nitrogen and oxygen atoms in total. The van der Waals surface area contributed by atoms with E-state index in [4.69, 9.17) is 0 Å². The highest BCUT2D eigenvalue weighted by molar-refractivity contribution is 5.96. The van der Waals surface area contributed by atoms with E-state index in [1.807, 2.05) is 25.1 Å². The van der Waals surface area contributed by atoms with Gasteiger partial charge in [0.1, 0.15) is 5.82 Å². The van der Waals surface area contributed by atoms with E-state index < -0.39 is 0 Å². The largest absolute Gasteiger partial charge is 0.336 e. The Balaban J connectivity index is 1.45. The molecule has 3 amide bonds. The number of urea groups is 1. The van der Waals surface area contributed by atoms with Crippen molar-refractivity contribution in [2.75, 3.05) is 11.4 Å². The fourth-order valence-electron chi connectivity index (χ4n) is 3.23. The van der Waals surface area contributed by atoms with Crippen molar-refractivity contribution >= 4 is 17.6 Å². The average Bonchev–Trinajstić information content (AvgIpc) is 3.01. The Morgan fingerprint density at radius 3 is 2.59 bits per heavy atom. The molecule has 0 radical (unpaired) electrons. The Hall–Kier alpha value is -2.89. The molecule has 2 aromatic rings. The van der Waals surface area contributed by atoms with Crippen LogP contribution in [0.3, 0.4) is 0 Å². The first-order valence-corrected chi connectivity index (χ1v) is 9.18. The highest BCUT2D eigenvalue weighted by Gasteiger charge is 2.31. The van der Waals surface area contributed by atoms with Crippen LogP contribution in [0.25, 0.3) is 0 Å². The second-order valence-corrected chi connectivity index (χ2v) is 6.92. The van der Waals surface area contributed by atoms with Crippen LogP contribution in [-0.4, -0.2) is 30.6 Å². The minimum absolute atomic E-state index is 0.0236. The second-order valence-electron chi connectivity index (χ2n) is 6.92. The molecule has 1 aliphatic rings. The Bertz CT molecular complexity index is 780. The van der Waals surface area contributed by atoms with Gasteiger partial charge < -0.3 is 15.5 Å². The van der Waals surface area contributed by atoms with E-state index in [2.05, 4.69) is 22.8 Å². The molecule has 0 aromatic heterocycles. The van der Waals surface area contributed by atoms with Crippen molar-refractivity contribution in [2.24, 2.45) is 0 Å². The van der Waals surface area contributed by atoms with Crippen LogP contribution in [0.5, 0.6) is 0 Å². The average molecular weight is 369 g/mol. The van der Waals surface area contributed by atoms with Gasteiger partial charge in [0.05, 0.1) is 6.04 Å². The lowest BCUT2D eigenvalue weighted by atomic mass is 10.1. The molecule has 0 saturated carbocycles. The Kier molecular flexibility index (Phi) is 6.06. The van der Waals surface area contributed by atoms with Gasteiger partial charge in [-0.25, -0.2) is 9.18 Å². The van der Waals surface area contributed by atoms with E-state index in [1.54, 1.807) is 17.0 Å². The molecule has 1 heterocycles. The fourth-order valence-corrected chi connectivity index (χ4v) is 3.23. The molecule has 0 spiro atoms. The van der Waals surface area contributed by atoms with Crippen LogP contribution in [-0.2, 0) is 11.2 Å². The lowest BCUT2D eigenvalue weighted by Gasteiger charge is -2.19. The number of nitrogens with zero attached hydrogens (tertiary/aromatic N) is 1. The zero-order chi connectivity index (χ0) is 19.2. The number of carbonyl (C=O) groups excluding carboxylic acids is 2. The molecule has 0 unspecified atom stereocenters. The van der Waals surface area contributed by atoms with Gasteiger partial charge in [-0.15, -0.1) is 0 Å². The number of carbonyl (C=O) groups is 2. The minimum atomic E-state index is -0.344. The van der Waals surface area contributed by atoms with Gasteiger partial charge in [0.2, 0.25) is 5.91 Å². The zero-order valence-electron chi connectivity index (χ0n) is 15.3. The van der Waals surface area contributed by atoms with E-state index in [1.165, 1.54) is 17.7 Å². The lowest BCUT2D eigenvalue weighted by Crippen LogP contribution is -2.46. The van der Waals surface area contributed by atoms with Crippen molar-refractivity contribution in [1.29, 1.82) is 0 Å². The van der Waals surface area contributed by atoms with Gasteiger partial charge in [-0.1, -0.05) is 30.3 Å². The number of rotatable bonds is 6. The van der Waals surface area contributed by atoms with Crippen LogP contribution >= 0.6 is 0 Å². The number of anilines is 1. The summed E-state index contributed by atoms with van der Waals surface area (Å²) in [5.41, 5.74) is 1.88. The minimum Gasteiger partial charge on any atom is -0.336 e. The maximum absolute atomic E-state index is 13.0. The smallest absolute Gasteiger partial charge is 0.315 e.